The Balaban J connectivity index is 2.51. The summed E-state index contributed by atoms with van der Waals surface area (Å²) in [6.45, 7) is 3.95. The van der Waals surface area contributed by atoms with Crippen molar-refractivity contribution in [3.8, 4) is 0 Å². The molecule has 9 heavy (non-hydrogen) atoms. The van der Waals surface area contributed by atoms with Crippen LogP contribution in [0.15, 0.2) is 0 Å². The Morgan fingerprint density at radius 1 is 1.56 bits per heavy atom. The molecule has 0 saturated carbocycles. The lowest BCUT2D eigenvalue weighted by Gasteiger charge is -2.27. The van der Waals surface area contributed by atoms with Gasteiger partial charge in [0, 0.05) is 5.75 Å². The molecule has 1 rings (SSSR count). The normalized spacial score (nSPS) is 34.2. The molecule has 1 aliphatic heterocycles. The molecule has 1 saturated heterocycles. The van der Waals surface area contributed by atoms with Crippen molar-refractivity contribution in [2.75, 3.05) is 5.75 Å². The van der Waals surface area contributed by atoms with Crippen molar-refractivity contribution in [2.45, 2.75) is 32.3 Å². The minimum atomic E-state index is -1.01. The first kappa shape index (κ1) is 7.22. The summed E-state index contributed by atoms with van der Waals surface area (Å²) in [5, 5.41) is 0. The van der Waals surface area contributed by atoms with Crippen LogP contribution in [0.5, 0.6) is 0 Å². The van der Waals surface area contributed by atoms with E-state index in [9.17, 15) is 4.21 Å². The van der Waals surface area contributed by atoms with Gasteiger partial charge in [-0.2, -0.15) is 0 Å². The van der Waals surface area contributed by atoms with Gasteiger partial charge in [-0.25, -0.2) is 4.21 Å². The lowest BCUT2D eigenvalue weighted by molar-refractivity contribution is 0.106. The van der Waals surface area contributed by atoms with E-state index in [0.717, 1.165) is 12.8 Å². The van der Waals surface area contributed by atoms with E-state index in [2.05, 4.69) is 0 Å². The Morgan fingerprint density at radius 2 is 2.22 bits per heavy atom. The van der Waals surface area contributed by atoms with Gasteiger partial charge in [0.1, 0.15) is 0 Å². The van der Waals surface area contributed by atoms with E-state index in [-0.39, 0.29) is 5.60 Å². The van der Waals surface area contributed by atoms with Crippen LogP contribution < -0.4 is 0 Å². The molecule has 1 unspecified atom stereocenters. The molecule has 0 aromatic rings. The Morgan fingerprint density at radius 3 is 2.56 bits per heavy atom. The summed E-state index contributed by atoms with van der Waals surface area (Å²) in [5.41, 5.74) is -0.150. The third kappa shape index (κ3) is 2.06. The van der Waals surface area contributed by atoms with Crippen LogP contribution in [0, 0.1) is 0 Å². The third-order valence-corrected chi connectivity index (χ3v) is 2.67. The fraction of sp³-hybridized carbons (Fsp3) is 1.00. The van der Waals surface area contributed by atoms with Crippen LogP contribution in [0.1, 0.15) is 26.7 Å². The Labute approximate surface area is 58.3 Å². The first-order chi connectivity index (χ1) is 4.10. The van der Waals surface area contributed by atoms with Crippen LogP contribution >= 0.6 is 0 Å². The third-order valence-electron chi connectivity index (χ3n) is 1.41. The summed E-state index contributed by atoms with van der Waals surface area (Å²) in [6, 6.07) is 0. The van der Waals surface area contributed by atoms with E-state index in [1.54, 1.807) is 0 Å². The van der Waals surface area contributed by atoms with E-state index in [0.29, 0.717) is 5.75 Å². The molecule has 0 aromatic carbocycles. The molecule has 1 aliphatic rings. The summed E-state index contributed by atoms with van der Waals surface area (Å²) in [6.07, 6.45) is 2.05. The second-order valence-electron chi connectivity index (χ2n) is 2.95. The van der Waals surface area contributed by atoms with Crippen molar-refractivity contribution >= 4 is 11.1 Å². The number of hydrogen-bond acceptors (Lipinski definition) is 2. The zero-order valence-electron chi connectivity index (χ0n) is 5.85. The van der Waals surface area contributed by atoms with Gasteiger partial charge in [-0.1, -0.05) is 0 Å². The first-order valence-corrected chi connectivity index (χ1v) is 4.42. The van der Waals surface area contributed by atoms with Crippen LogP contribution in [0.2, 0.25) is 0 Å². The van der Waals surface area contributed by atoms with Gasteiger partial charge in [-0.3, -0.25) is 4.18 Å². The van der Waals surface area contributed by atoms with E-state index >= 15 is 0 Å². The van der Waals surface area contributed by atoms with Crippen LogP contribution in [-0.2, 0) is 15.3 Å². The number of hydrogen-bond donors (Lipinski definition) is 0. The molecule has 0 amide bonds. The zero-order chi connectivity index (χ0) is 6.91. The quantitative estimate of drug-likeness (QED) is 0.516. The van der Waals surface area contributed by atoms with E-state index < -0.39 is 11.1 Å². The van der Waals surface area contributed by atoms with Crippen LogP contribution in [0.25, 0.3) is 0 Å². The van der Waals surface area contributed by atoms with Gasteiger partial charge >= 0.3 is 0 Å². The van der Waals surface area contributed by atoms with E-state index in [1.807, 2.05) is 13.8 Å². The highest BCUT2D eigenvalue weighted by atomic mass is 32.2. The van der Waals surface area contributed by atoms with Gasteiger partial charge in [0.25, 0.3) is 0 Å². The molecule has 0 bridgehead atoms. The molecule has 0 spiro atoms. The van der Waals surface area contributed by atoms with Gasteiger partial charge in [0.2, 0.25) is 0 Å². The molecular weight excluding hydrogens is 136 g/mol. The minimum Gasteiger partial charge on any atom is -0.284 e. The molecule has 1 fully saturated rings. The average molecular weight is 148 g/mol. The van der Waals surface area contributed by atoms with Crippen LogP contribution in [-0.4, -0.2) is 15.6 Å². The molecule has 1 heterocycles. The maximum atomic E-state index is 10.8. The standard InChI is InChI=1S/C6H12O2S/c1-6(2)4-3-5-9(7)8-6/h3-5H2,1-2H3. The van der Waals surface area contributed by atoms with Gasteiger partial charge in [-0.15, -0.1) is 0 Å². The molecular formula is C6H12O2S. The Kier molecular flexibility index (Phi) is 1.91. The van der Waals surface area contributed by atoms with Crippen molar-refractivity contribution < 1.29 is 8.39 Å². The van der Waals surface area contributed by atoms with Crippen molar-refractivity contribution in [2.24, 2.45) is 0 Å². The number of rotatable bonds is 0. The highest BCUT2D eigenvalue weighted by molar-refractivity contribution is 7.80. The van der Waals surface area contributed by atoms with E-state index in [4.69, 9.17) is 4.18 Å². The van der Waals surface area contributed by atoms with Gasteiger partial charge < -0.3 is 0 Å². The smallest absolute Gasteiger partial charge is 0.155 e. The predicted molar refractivity (Wildman–Crippen MR) is 37.4 cm³/mol. The second kappa shape index (κ2) is 2.39. The van der Waals surface area contributed by atoms with Crippen molar-refractivity contribution in [3.05, 3.63) is 0 Å². The first-order valence-electron chi connectivity index (χ1n) is 3.18. The Bertz CT molecular complexity index is 131. The summed E-state index contributed by atoms with van der Waals surface area (Å²) in [4.78, 5) is 0. The largest absolute Gasteiger partial charge is 0.284 e. The fourth-order valence-corrected chi connectivity index (χ4v) is 2.00. The monoisotopic (exact) mass is 148 g/mol. The van der Waals surface area contributed by atoms with Gasteiger partial charge in [-0.05, 0) is 26.7 Å². The highest BCUT2D eigenvalue weighted by Crippen LogP contribution is 2.23. The maximum Gasteiger partial charge on any atom is 0.155 e. The summed E-state index contributed by atoms with van der Waals surface area (Å²) >= 11 is -1.01. The predicted octanol–water partition coefficient (Wildman–Crippen LogP) is 1.24. The summed E-state index contributed by atoms with van der Waals surface area (Å²) in [7, 11) is 0. The van der Waals surface area contributed by atoms with E-state index in [1.165, 1.54) is 0 Å². The van der Waals surface area contributed by atoms with Crippen LogP contribution in [0.4, 0.5) is 0 Å². The molecule has 2 nitrogen and oxygen atoms in total. The lowest BCUT2D eigenvalue weighted by Crippen LogP contribution is -2.31. The minimum absolute atomic E-state index is 0.150. The zero-order valence-corrected chi connectivity index (χ0v) is 6.66. The molecule has 3 heteroatoms. The van der Waals surface area contributed by atoms with Crippen molar-refractivity contribution in [1.82, 2.24) is 0 Å². The molecule has 0 N–H and O–H groups in total. The second-order valence-corrected chi connectivity index (χ2v) is 4.14. The Hall–Kier alpha value is 0.110. The van der Waals surface area contributed by atoms with Gasteiger partial charge in [0.05, 0.1) is 5.60 Å². The molecule has 0 radical (unpaired) electrons. The van der Waals surface area contributed by atoms with Gasteiger partial charge in [0.15, 0.2) is 11.1 Å². The van der Waals surface area contributed by atoms with Crippen molar-refractivity contribution in [1.29, 1.82) is 0 Å². The topological polar surface area (TPSA) is 26.3 Å². The van der Waals surface area contributed by atoms with Crippen molar-refractivity contribution in [3.63, 3.8) is 0 Å². The molecule has 1 atom stereocenters. The fourth-order valence-electron chi connectivity index (χ4n) is 0.951. The lowest BCUT2D eigenvalue weighted by atomic mass is 10.0. The molecule has 54 valence electrons. The highest BCUT2D eigenvalue weighted by Gasteiger charge is 2.26. The van der Waals surface area contributed by atoms with Crippen LogP contribution in [0.3, 0.4) is 0 Å². The summed E-state index contributed by atoms with van der Waals surface area (Å²) in [5.74, 6) is 0.712. The summed E-state index contributed by atoms with van der Waals surface area (Å²) < 4.78 is 15.9. The maximum absolute atomic E-state index is 10.8. The molecule has 0 aromatic heterocycles. The average Bonchev–Trinajstić information content (AvgIpc) is 1.60. The SMILES string of the molecule is CC1(C)CCCS(=O)O1. The molecule has 0 aliphatic carbocycles.